The molecular formula is C15H20BrNO3. The Balaban J connectivity index is 2.16. The van der Waals surface area contributed by atoms with Crippen LogP contribution in [0.15, 0.2) is 22.7 Å². The Labute approximate surface area is 127 Å². The second-order valence-electron chi connectivity index (χ2n) is 5.05. The summed E-state index contributed by atoms with van der Waals surface area (Å²) in [6.07, 6.45) is 3.29. The van der Waals surface area contributed by atoms with E-state index in [2.05, 4.69) is 27.8 Å². The molecule has 0 aromatic heterocycles. The van der Waals surface area contributed by atoms with Gasteiger partial charge in [-0.15, -0.1) is 0 Å². The summed E-state index contributed by atoms with van der Waals surface area (Å²) in [5, 5.41) is 9.35. The van der Waals surface area contributed by atoms with Gasteiger partial charge in [0.2, 0.25) is 0 Å². The highest BCUT2D eigenvalue weighted by Crippen LogP contribution is 2.28. The number of hydrogen-bond donors (Lipinski definition) is 1. The van der Waals surface area contributed by atoms with Crippen LogP contribution in [0.5, 0.6) is 0 Å². The molecule has 0 amide bonds. The molecule has 1 fully saturated rings. The van der Waals surface area contributed by atoms with Crippen LogP contribution in [0.1, 0.15) is 36.5 Å². The summed E-state index contributed by atoms with van der Waals surface area (Å²) >= 11 is 3.33. The zero-order valence-corrected chi connectivity index (χ0v) is 13.2. The Morgan fingerprint density at radius 1 is 1.55 bits per heavy atom. The number of ether oxygens (including phenoxy) is 1. The number of anilines is 1. The van der Waals surface area contributed by atoms with Gasteiger partial charge in [0.05, 0.1) is 17.4 Å². The molecular weight excluding hydrogens is 322 g/mol. The van der Waals surface area contributed by atoms with Crippen molar-refractivity contribution in [1.29, 1.82) is 0 Å². The smallest absolute Gasteiger partial charge is 0.337 e. The first kappa shape index (κ1) is 15.3. The van der Waals surface area contributed by atoms with Crippen LogP contribution in [0.25, 0.3) is 0 Å². The highest BCUT2D eigenvalue weighted by Gasteiger charge is 2.23. The zero-order valence-electron chi connectivity index (χ0n) is 11.6. The number of halogens is 1. The maximum Gasteiger partial charge on any atom is 0.337 e. The molecule has 1 unspecified atom stereocenters. The number of carbonyl (C=O) groups is 1. The largest absolute Gasteiger partial charge is 0.478 e. The first-order valence-corrected chi connectivity index (χ1v) is 7.80. The molecule has 0 saturated carbocycles. The standard InChI is InChI=1S/C15H20BrNO3/c1-2-8-20-12-4-3-7-17(10-12)14-6-5-11(16)9-13(14)15(18)19/h5-6,9,12H,2-4,7-8,10H2,1H3,(H,18,19). The van der Waals surface area contributed by atoms with Crippen LogP contribution >= 0.6 is 15.9 Å². The van der Waals surface area contributed by atoms with Crippen LogP contribution in [0, 0.1) is 0 Å². The quantitative estimate of drug-likeness (QED) is 0.889. The van der Waals surface area contributed by atoms with E-state index in [4.69, 9.17) is 4.74 Å². The normalized spacial score (nSPS) is 19.1. The van der Waals surface area contributed by atoms with Crippen LogP contribution < -0.4 is 4.90 Å². The molecule has 1 aromatic carbocycles. The van der Waals surface area contributed by atoms with Gasteiger partial charge in [-0.05, 0) is 37.5 Å². The summed E-state index contributed by atoms with van der Waals surface area (Å²) in [5.74, 6) is -0.891. The number of carboxylic acids is 1. The second-order valence-corrected chi connectivity index (χ2v) is 5.96. The minimum Gasteiger partial charge on any atom is -0.478 e. The zero-order chi connectivity index (χ0) is 14.5. The number of aromatic carboxylic acids is 1. The van der Waals surface area contributed by atoms with Crippen molar-refractivity contribution >= 4 is 27.6 Å². The summed E-state index contributed by atoms with van der Waals surface area (Å²) < 4.78 is 6.60. The average Bonchev–Trinajstić information content (AvgIpc) is 2.45. The minimum absolute atomic E-state index is 0.203. The van der Waals surface area contributed by atoms with Gasteiger partial charge in [0.25, 0.3) is 0 Å². The summed E-state index contributed by atoms with van der Waals surface area (Å²) in [5.41, 5.74) is 1.13. The molecule has 1 aromatic rings. The molecule has 1 heterocycles. The molecule has 1 aliphatic heterocycles. The van der Waals surface area contributed by atoms with Crippen molar-refractivity contribution in [1.82, 2.24) is 0 Å². The van der Waals surface area contributed by atoms with Gasteiger partial charge in [0.15, 0.2) is 0 Å². The van der Waals surface area contributed by atoms with Gasteiger partial charge in [-0.25, -0.2) is 4.79 Å². The molecule has 2 rings (SSSR count). The Hall–Kier alpha value is -1.07. The fourth-order valence-electron chi connectivity index (χ4n) is 2.53. The summed E-state index contributed by atoms with van der Waals surface area (Å²) in [6, 6.07) is 5.42. The molecule has 0 radical (unpaired) electrons. The van der Waals surface area contributed by atoms with Gasteiger partial charge in [0, 0.05) is 24.2 Å². The average molecular weight is 342 g/mol. The van der Waals surface area contributed by atoms with E-state index >= 15 is 0 Å². The third-order valence-electron chi connectivity index (χ3n) is 3.47. The monoisotopic (exact) mass is 341 g/mol. The maximum absolute atomic E-state index is 11.4. The highest BCUT2D eigenvalue weighted by molar-refractivity contribution is 9.10. The van der Waals surface area contributed by atoms with Crippen molar-refractivity contribution in [2.24, 2.45) is 0 Å². The molecule has 1 saturated heterocycles. The van der Waals surface area contributed by atoms with Crippen molar-refractivity contribution in [3.63, 3.8) is 0 Å². The van der Waals surface area contributed by atoms with Crippen LogP contribution in [0.2, 0.25) is 0 Å². The van der Waals surface area contributed by atoms with Gasteiger partial charge in [-0.3, -0.25) is 0 Å². The molecule has 0 bridgehead atoms. The van der Waals surface area contributed by atoms with E-state index < -0.39 is 5.97 Å². The summed E-state index contributed by atoms with van der Waals surface area (Å²) in [6.45, 7) is 4.51. The molecule has 1 atom stereocenters. The van der Waals surface area contributed by atoms with Gasteiger partial charge >= 0.3 is 5.97 Å². The molecule has 1 N–H and O–H groups in total. The Kier molecular flexibility index (Phi) is 5.43. The molecule has 20 heavy (non-hydrogen) atoms. The summed E-state index contributed by atoms with van der Waals surface area (Å²) in [4.78, 5) is 13.5. The predicted molar refractivity (Wildman–Crippen MR) is 82.6 cm³/mol. The molecule has 0 spiro atoms. The Morgan fingerprint density at radius 3 is 3.05 bits per heavy atom. The summed E-state index contributed by atoms with van der Waals surface area (Å²) in [7, 11) is 0. The lowest BCUT2D eigenvalue weighted by atomic mass is 10.0. The van der Waals surface area contributed by atoms with E-state index in [1.165, 1.54) is 0 Å². The molecule has 0 aliphatic carbocycles. The third-order valence-corrected chi connectivity index (χ3v) is 3.96. The molecule has 1 aliphatic rings. The van der Waals surface area contributed by atoms with Crippen molar-refractivity contribution in [3.05, 3.63) is 28.2 Å². The Bertz CT molecular complexity index is 478. The maximum atomic E-state index is 11.4. The lowest BCUT2D eigenvalue weighted by Crippen LogP contribution is -2.40. The number of rotatable bonds is 5. The van der Waals surface area contributed by atoms with Crippen LogP contribution in [-0.4, -0.2) is 36.9 Å². The molecule has 5 heteroatoms. The fraction of sp³-hybridized carbons (Fsp3) is 0.533. The topological polar surface area (TPSA) is 49.8 Å². The third kappa shape index (κ3) is 3.73. The van der Waals surface area contributed by atoms with Crippen LogP contribution in [0.3, 0.4) is 0 Å². The van der Waals surface area contributed by atoms with Gasteiger partial charge in [-0.2, -0.15) is 0 Å². The van der Waals surface area contributed by atoms with E-state index in [-0.39, 0.29) is 6.10 Å². The van der Waals surface area contributed by atoms with Gasteiger partial charge in [0.1, 0.15) is 0 Å². The van der Waals surface area contributed by atoms with E-state index in [1.807, 2.05) is 12.1 Å². The second kappa shape index (κ2) is 7.09. The van der Waals surface area contributed by atoms with E-state index in [0.29, 0.717) is 5.56 Å². The Morgan fingerprint density at radius 2 is 2.35 bits per heavy atom. The SMILES string of the molecule is CCCOC1CCCN(c2ccc(Br)cc2C(=O)O)C1. The number of carboxylic acid groups (broad SMARTS) is 1. The van der Waals surface area contributed by atoms with E-state index in [0.717, 1.165) is 49.1 Å². The van der Waals surface area contributed by atoms with Crippen LogP contribution in [0.4, 0.5) is 5.69 Å². The van der Waals surface area contributed by atoms with Gasteiger partial charge < -0.3 is 14.7 Å². The van der Waals surface area contributed by atoms with Crippen molar-refractivity contribution < 1.29 is 14.6 Å². The molecule has 110 valence electrons. The number of benzene rings is 1. The fourth-order valence-corrected chi connectivity index (χ4v) is 2.89. The van der Waals surface area contributed by atoms with E-state index in [9.17, 15) is 9.90 Å². The van der Waals surface area contributed by atoms with Crippen molar-refractivity contribution in [3.8, 4) is 0 Å². The van der Waals surface area contributed by atoms with Crippen LogP contribution in [-0.2, 0) is 4.74 Å². The minimum atomic E-state index is -0.891. The highest BCUT2D eigenvalue weighted by atomic mass is 79.9. The first-order chi connectivity index (χ1) is 9.61. The first-order valence-electron chi connectivity index (χ1n) is 7.01. The van der Waals surface area contributed by atoms with Crippen molar-refractivity contribution in [2.45, 2.75) is 32.3 Å². The number of nitrogens with zero attached hydrogens (tertiary/aromatic N) is 1. The lowest BCUT2D eigenvalue weighted by molar-refractivity contribution is 0.0439. The number of hydrogen-bond acceptors (Lipinski definition) is 3. The van der Waals surface area contributed by atoms with Crippen molar-refractivity contribution in [2.75, 3.05) is 24.6 Å². The predicted octanol–water partition coefficient (Wildman–Crippen LogP) is 3.54. The van der Waals surface area contributed by atoms with E-state index in [1.54, 1.807) is 6.07 Å². The molecule has 4 nitrogen and oxygen atoms in total. The lowest BCUT2D eigenvalue weighted by Gasteiger charge is -2.35. The number of piperidine rings is 1. The van der Waals surface area contributed by atoms with Gasteiger partial charge in [-0.1, -0.05) is 22.9 Å².